The monoisotopic (exact) mass is 242 g/mol. The second-order valence-electron chi connectivity index (χ2n) is 4.77. The Hall–Kier alpha value is -1.50. The maximum absolute atomic E-state index is 6.06. The topological polar surface area (TPSA) is 13.1 Å². The first-order valence-electron chi connectivity index (χ1n) is 6.89. The summed E-state index contributed by atoms with van der Waals surface area (Å²) in [5.74, 6) is 0.996. The number of hydrogen-bond acceptors (Lipinski definition) is 1. The van der Waals surface area contributed by atoms with Crippen LogP contribution in [0.5, 0.6) is 0 Å². The highest BCUT2D eigenvalue weighted by Crippen LogP contribution is 2.31. The molecule has 1 heterocycles. The van der Waals surface area contributed by atoms with Crippen LogP contribution in [0.2, 0.25) is 0 Å². The summed E-state index contributed by atoms with van der Waals surface area (Å²) in [5, 5.41) is 1.26. The van der Waals surface area contributed by atoms with Crippen molar-refractivity contribution < 1.29 is 4.42 Å². The van der Waals surface area contributed by atoms with Gasteiger partial charge in [0.05, 0.1) is 0 Å². The fraction of sp³-hybridized carbons (Fsp3) is 0.412. The van der Waals surface area contributed by atoms with Gasteiger partial charge in [-0.2, -0.15) is 0 Å². The Morgan fingerprint density at radius 3 is 2.61 bits per heavy atom. The number of allylic oxidation sites excluding steroid dienone is 1. The summed E-state index contributed by atoms with van der Waals surface area (Å²) in [4.78, 5) is 0. The molecule has 0 aliphatic heterocycles. The van der Waals surface area contributed by atoms with Crippen LogP contribution in [-0.2, 0) is 12.8 Å². The molecular weight excluding hydrogens is 220 g/mol. The molecule has 18 heavy (non-hydrogen) atoms. The van der Waals surface area contributed by atoms with Crippen molar-refractivity contribution in [3.8, 4) is 0 Å². The number of fused-ring (bicyclic) bond motifs is 1. The molecule has 1 aromatic carbocycles. The zero-order valence-corrected chi connectivity index (χ0v) is 11.8. The molecule has 0 saturated heterocycles. The predicted molar refractivity (Wildman–Crippen MR) is 79.0 cm³/mol. The highest BCUT2D eigenvalue weighted by molar-refractivity contribution is 5.87. The Bertz CT molecular complexity index is 573. The van der Waals surface area contributed by atoms with Crippen molar-refractivity contribution in [3.63, 3.8) is 0 Å². The molecular formula is C17H22O. The Labute approximate surface area is 110 Å². The van der Waals surface area contributed by atoms with Crippen molar-refractivity contribution >= 4 is 17.0 Å². The maximum Gasteiger partial charge on any atom is 0.138 e. The van der Waals surface area contributed by atoms with Gasteiger partial charge in [-0.05, 0) is 43.9 Å². The number of benzene rings is 1. The van der Waals surface area contributed by atoms with Gasteiger partial charge in [0, 0.05) is 10.9 Å². The number of aryl methyl sites for hydroxylation is 3. The summed E-state index contributed by atoms with van der Waals surface area (Å²) in [7, 11) is 0. The second-order valence-corrected chi connectivity index (χ2v) is 4.77. The standard InChI is InChI=1S/C17H22O/c1-5-8-13-10-11-15-12(4)16(9-6-2)18-17(15)14(13)7-3/h6,9-11H,5,7-8H2,1-4H3/b9-6-. The van der Waals surface area contributed by atoms with Gasteiger partial charge in [0.2, 0.25) is 0 Å². The third-order valence-corrected chi connectivity index (χ3v) is 3.53. The summed E-state index contributed by atoms with van der Waals surface area (Å²) < 4.78 is 6.06. The van der Waals surface area contributed by atoms with Gasteiger partial charge in [0.15, 0.2) is 0 Å². The smallest absolute Gasteiger partial charge is 0.138 e. The average Bonchev–Trinajstić information content (AvgIpc) is 2.68. The molecule has 0 atom stereocenters. The third-order valence-electron chi connectivity index (χ3n) is 3.53. The Balaban J connectivity index is 2.69. The van der Waals surface area contributed by atoms with Crippen LogP contribution in [0.4, 0.5) is 0 Å². The average molecular weight is 242 g/mol. The Morgan fingerprint density at radius 1 is 1.22 bits per heavy atom. The van der Waals surface area contributed by atoms with E-state index in [1.165, 1.54) is 28.5 Å². The van der Waals surface area contributed by atoms with Gasteiger partial charge in [-0.15, -0.1) is 0 Å². The molecule has 1 aromatic heterocycles. The van der Waals surface area contributed by atoms with E-state index in [2.05, 4.69) is 32.9 Å². The van der Waals surface area contributed by atoms with Crippen LogP contribution in [0, 0.1) is 6.92 Å². The van der Waals surface area contributed by atoms with E-state index in [0.717, 1.165) is 24.2 Å². The number of rotatable bonds is 4. The molecule has 0 amide bonds. The van der Waals surface area contributed by atoms with Crippen molar-refractivity contribution in [2.75, 3.05) is 0 Å². The maximum atomic E-state index is 6.06. The summed E-state index contributed by atoms with van der Waals surface area (Å²) in [6.45, 7) is 8.60. The van der Waals surface area contributed by atoms with E-state index in [1.807, 2.05) is 19.1 Å². The van der Waals surface area contributed by atoms with Crippen LogP contribution in [0.25, 0.3) is 17.0 Å². The first-order valence-corrected chi connectivity index (χ1v) is 6.89. The minimum Gasteiger partial charge on any atom is -0.456 e. The minimum absolute atomic E-state index is 0.996. The molecule has 0 saturated carbocycles. The molecule has 0 spiro atoms. The van der Waals surface area contributed by atoms with Gasteiger partial charge in [-0.25, -0.2) is 0 Å². The third kappa shape index (κ3) is 2.10. The molecule has 96 valence electrons. The highest BCUT2D eigenvalue weighted by atomic mass is 16.3. The molecule has 2 rings (SSSR count). The SMILES string of the molecule is C/C=C\c1oc2c(CC)c(CCC)ccc2c1C. The second kappa shape index (κ2) is 5.43. The zero-order valence-electron chi connectivity index (χ0n) is 11.8. The van der Waals surface area contributed by atoms with Crippen LogP contribution >= 0.6 is 0 Å². The van der Waals surface area contributed by atoms with Crippen molar-refractivity contribution in [2.45, 2.75) is 47.0 Å². The summed E-state index contributed by atoms with van der Waals surface area (Å²) in [5.41, 5.74) is 5.16. The summed E-state index contributed by atoms with van der Waals surface area (Å²) >= 11 is 0. The lowest BCUT2D eigenvalue weighted by Gasteiger charge is -2.07. The molecule has 1 heteroatoms. The fourth-order valence-corrected chi connectivity index (χ4v) is 2.60. The summed E-state index contributed by atoms with van der Waals surface area (Å²) in [6.07, 6.45) is 7.43. The quantitative estimate of drug-likeness (QED) is 0.710. The largest absolute Gasteiger partial charge is 0.456 e. The van der Waals surface area contributed by atoms with Gasteiger partial charge >= 0.3 is 0 Å². The van der Waals surface area contributed by atoms with Crippen LogP contribution < -0.4 is 0 Å². The fourth-order valence-electron chi connectivity index (χ4n) is 2.60. The van der Waals surface area contributed by atoms with E-state index < -0.39 is 0 Å². The van der Waals surface area contributed by atoms with Crippen LogP contribution in [0.3, 0.4) is 0 Å². The van der Waals surface area contributed by atoms with E-state index in [9.17, 15) is 0 Å². The van der Waals surface area contributed by atoms with Crippen molar-refractivity contribution in [1.29, 1.82) is 0 Å². The molecule has 0 aliphatic carbocycles. The van der Waals surface area contributed by atoms with Gasteiger partial charge in [0.1, 0.15) is 11.3 Å². The zero-order chi connectivity index (χ0) is 13.1. The van der Waals surface area contributed by atoms with Crippen molar-refractivity contribution in [1.82, 2.24) is 0 Å². The lowest BCUT2D eigenvalue weighted by Crippen LogP contribution is -1.92. The van der Waals surface area contributed by atoms with Gasteiger partial charge in [-0.1, -0.05) is 38.5 Å². The predicted octanol–water partition coefficient (Wildman–Crippen LogP) is 5.29. The van der Waals surface area contributed by atoms with E-state index >= 15 is 0 Å². The van der Waals surface area contributed by atoms with E-state index in [0.29, 0.717) is 0 Å². The van der Waals surface area contributed by atoms with Crippen LogP contribution in [0.15, 0.2) is 22.6 Å². The molecule has 1 nitrogen and oxygen atoms in total. The Morgan fingerprint density at radius 2 is 2.00 bits per heavy atom. The van der Waals surface area contributed by atoms with E-state index in [-0.39, 0.29) is 0 Å². The molecule has 0 radical (unpaired) electrons. The molecule has 2 aromatic rings. The summed E-state index contributed by atoms with van der Waals surface area (Å²) in [6, 6.07) is 4.48. The number of hydrogen-bond donors (Lipinski definition) is 0. The highest BCUT2D eigenvalue weighted by Gasteiger charge is 2.13. The molecule has 0 aliphatic rings. The van der Waals surface area contributed by atoms with E-state index in [1.54, 1.807) is 0 Å². The van der Waals surface area contributed by atoms with Gasteiger partial charge in [0.25, 0.3) is 0 Å². The van der Waals surface area contributed by atoms with E-state index in [4.69, 9.17) is 4.42 Å². The Kier molecular flexibility index (Phi) is 3.90. The first kappa shape index (κ1) is 12.9. The lowest BCUT2D eigenvalue weighted by atomic mass is 9.98. The minimum atomic E-state index is 0.996. The molecule has 0 bridgehead atoms. The van der Waals surface area contributed by atoms with Gasteiger partial charge < -0.3 is 4.42 Å². The van der Waals surface area contributed by atoms with Gasteiger partial charge in [-0.3, -0.25) is 0 Å². The van der Waals surface area contributed by atoms with Crippen LogP contribution in [0.1, 0.15) is 49.6 Å². The van der Waals surface area contributed by atoms with Crippen molar-refractivity contribution in [3.05, 3.63) is 40.7 Å². The van der Waals surface area contributed by atoms with Crippen LogP contribution in [-0.4, -0.2) is 0 Å². The molecule has 0 fully saturated rings. The lowest BCUT2D eigenvalue weighted by molar-refractivity contribution is 0.596. The molecule has 0 N–H and O–H groups in total. The van der Waals surface area contributed by atoms with Crippen molar-refractivity contribution in [2.24, 2.45) is 0 Å². The molecule has 0 unspecified atom stereocenters. The number of furan rings is 1. The first-order chi connectivity index (χ1) is 8.72. The normalized spacial score (nSPS) is 11.8.